The molecule has 2 aromatic carbocycles. The number of benzene rings is 2. The molecule has 0 aromatic heterocycles. The first kappa shape index (κ1) is 14.4. The summed E-state index contributed by atoms with van der Waals surface area (Å²) in [7, 11) is 0. The van der Waals surface area contributed by atoms with Crippen LogP contribution in [0.5, 0.6) is 0 Å². The Labute approximate surface area is 129 Å². The van der Waals surface area contributed by atoms with Gasteiger partial charge in [-0.1, -0.05) is 45.2 Å². The van der Waals surface area contributed by atoms with Gasteiger partial charge in [0.1, 0.15) is 0 Å². The highest BCUT2D eigenvalue weighted by Gasteiger charge is 2.13. The van der Waals surface area contributed by atoms with Crippen LogP contribution < -0.4 is 5.73 Å². The molecule has 0 amide bonds. The second kappa shape index (κ2) is 5.95. The van der Waals surface area contributed by atoms with Crippen molar-refractivity contribution >= 4 is 50.6 Å². The summed E-state index contributed by atoms with van der Waals surface area (Å²) in [6.07, 6.45) is 0.196. The van der Waals surface area contributed by atoms with Crippen LogP contribution in [0.2, 0.25) is 10.0 Å². The standard InChI is InChI=1S/C14H10BrCl2NO/c15-9-2-4-11(13(18)6-9)14(19)5-8-1-3-10(16)7-12(8)17/h1-4,6-7H,5,18H2. The van der Waals surface area contributed by atoms with Crippen LogP contribution >= 0.6 is 39.1 Å². The van der Waals surface area contributed by atoms with Gasteiger partial charge in [0.15, 0.2) is 5.78 Å². The number of hydrogen-bond acceptors (Lipinski definition) is 2. The third-order valence-corrected chi connectivity index (χ3v) is 3.76. The first-order valence-electron chi connectivity index (χ1n) is 5.49. The van der Waals surface area contributed by atoms with E-state index in [2.05, 4.69) is 15.9 Å². The summed E-state index contributed by atoms with van der Waals surface area (Å²) in [5.41, 5.74) is 7.51. The summed E-state index contributed by atoms with van der Waals surface area (Å²) < 4.78 is 0.839. The smallest absolute Gasteiger partial charge is 0.169 e. The summed E-state index contributed by atoms with van der Waals surface area (Å²) in [5.74, 6) is -0.0748. The molecule has 0 fully saturated rings. The predicted octanol–water partition coefficient (Wildman–Crippen LogP) is 4.76. The van der Waals surface area contributed by atoms with Crippen molar-refractivity contribution in [1.82, 2.24) is 0 Å². The van der Waals surface area contributed by atoms with E-state index in [1.54, 1.807) is 36.4 Å². The lowest BCUT2D eigenvalue weighted by Crippen LogP contribution is -2.07. The summed E-state index contributed by atoms with van der Waals surface area (Å²) in [6.45, 7) is 0. The average Bonchev–Trinajstić information content (AvgIpc) is 2.32. The Morgan fingerprint density at radius 2 is 1.89 bits per heavy atom. The van der Waals surface area contributed by atoms with E-state index in [-0.39, 0.29) is 12.2 Å². The quantitative estimate of drug-likeness (QED) is 0.634. The zero-order valence-electron chi connectivity index (χ0n) is 9.79. The zero-order valence-corrected chi connectivity index (χ0v) is 12.9. The van der Waals surface area contributed by atoms with E-state index in [1.807, 2.05) is 0 Å². The third-order valence-electron chi connectivity index (χ3n) is 2.68. The number of anilines is 1. The number of nitrogens with two attached hydrogens (primary N) is 1. The van der Waals surface area contributed by atoms with Gasteiger partial charge in [0.25, 0.3) is 0 Å². The molecule has 0 radical (unpaired) electrons. The van der Waals surface area contributed by atoms with Gasteiger partial charge < -0.3 is 5.73 Å². The zero-order chi connectivity index (χ0) is 14.0. The molecule has 0 atom stereocenters. The number of Topliss-reactive ketones (excluding diaryl/α,β-unsaturated/α-hetero) is 1. The maximum Gasteiger partial charge on any atom is 0.169 e. The Balaban J connectivity index is 2.25. The van der Waals surface area contributed by atoms with Crippen molar-refractivity contribution in [2.75, 3.05) is 5.73 Å². The van der Waals surface area contributed by atoms with Crippen LogP contribution in [0.25, 0.3) is 0 Å². The monoisotopic (exact) mass is 357 g/mol. The molecule has 0 saturated heterocycles. The van der Waals surface area contributed by atoms with Crippen LogP contribution in [0.1, 0.15) is 15.9 Å². The molecule has 0 unspecified atom stereocenters. The molecule has 0 bridgehead atoms. The average molecular weight is 359 g/mol. The minimum Gasteiger partial charge on any atom is -0.398 e. The SMILES string of the molecule is Nc1cc(Br)ccc1C(=O)Cc1ccc(Cl)cc1Cl. The van der Waals surface area contributed by atoms with Crippen molar-refractivity contribution in [3.05, 3.63) is 62.0 Å². The van der Waals surface area contributed by atoms with E-state index in [1.165, 1.54) is 0 Å². The Kier molecular flexibility index (Phi) is 4.50. The Morgan fingerprint density at radius 3 is 2.53 bits per heavy atom. The Morgan fingerprint density at radius 1 is 1.16 bits per heavy atom. The second-order valence-corrected chi connectivity index (χ2v) is 5.83. The fourth-order valence-electron chi connectivity index (χ4n) is 1.72. The Hall–Kier alpha value is -1.03. The fraction of sp³-hybridized carbons (Fsp3) is 0.0714. The Bertz CT molecular complexity index is 643. The number of hydrogen-bond donors (Lipinski definition) is 1. The maximum atomic E-state index is 12.2. The van der Waals surface area contributed by atoms with Gasteiger partial charge in [-0.3, -0.25) is 4.79 Å². The van der Waals surface area contributed by atoms with Crippen LogP contribution in [-0.4, -0.2) is 5.78 Å². The molecule has 2 nitrogen and oxygen atoms in total. The normalized spacial score (nSPS) is 10.5. The van der Waals surface area contributed by atoms with Crippen molar-refractivity contribution in [2.45, 2.75) is 6.42 Å². The van der Waals surface area contributed by atoms with Crippen molar-refractivity contribution in [1.29, 1.82) is 0 Å². The summed E-state index contributed by atoms with van der Waals surface area (Å²) in [6, 6.07) is 10.3. The second-order valence-electron chi connectivity index (χ2n) is 4.07. The van der Waals surface area contributed by atoms with Crippen LogP contribution in [0, 0.1) is 0 Å². The van der Waals surface area contributed by atoms with E-state index >= 15 is 0 Å². The van der Waals surface area contributed by atoms with Gasteiger partial charge in [0.2, 0.25) is 0 Å². The van der Waals surface area contributed by atoms with Crippen molar-refractivity contribution < 1.29 is 4.79 Å². The summed E-state index contributed by atoms with van der Waals surface area (Å²) >= 11 is 15.2. The molecule has 0 heterocycles. The molecule has 2 N–H and O–H groups in total. The van der Waals surface area contributed by atoms with E-state index < -0.39 is 0 Å². The van der Waals surface area contributed by atoms with Crippen LogP contribution in [-0.2, 0) is 6.42 Å². The first-order valence-corrected chi connectivity index (χ1v) is 7.04. The molecule has 5 heteroatoms. The van der Waals surface area contributed by atoms with E-state index in [0.717, 1.165) is 10.0 Å². The number of carbonyl (C=O) groups is 1. The minimum absolute atomic E-state index is 0.0748. The van der Waals surface area contributed by atoms with Crippen molar-refractivity contribution in [3.8, 4) is 0 Å². The highest BCUT2D eigenvalue weighted by molar-refractivity contribution is 9.10. The number of ketones is 1. The lowest BCUT2D eigenvalue weighted by molar-refractivity contribution is 0.0994. The number of halogens is 3. The van der Waals surface area contributed by atoms with E-state index in [4.69, 9.17) is 28.9 Å². The molecular weight excluding hydrogens is 349 g/mol. The van der Waals surface area contributed by atoms with Gasteiger partial charge in [-0.05, 0) is 35.9 Å². The van der Waals surface area contributed by atoms with E-state index in [9.17, 15) is 4.79 Å². The van der Waals surface area contributed by atoms with Gasteiger partial charge >= 0.3 is 0 Å². The van der Waals surface area contributed by atoms with Gasteiger partial charge in [0, 0.05) is 32.2 Å². The largest absolute Gasteiger partial charge is 0.398 e. The molecule has 0 spiro atoms. The molecule has 2 rings (SSSR count). The third kappa shape index (κ3) is 3.50. The summed E-state index contributed by atoms with van der Waals surface area (Å²) in [5, 5.41) is 1.03. The van der Waals surface area contributed by atoms with Gasteiger partial charge in [-0.25, -0.2) is 0 Å². The van der Waals surface area contributed by atoms with Gasteiger partial charge in [-0.2, -0.15) is 0 Å². The topological polar surface area (TPSA) is 43.1 Å². The molecule has 19 heavy (non-hydrogen) atoms. The van der Waals surface area contributed by atoms with Crippen LogP contribution in [0.3, 0.4) is 0 Å². The fourth-order valence-corrected chi connectivity index (χ4v) is 2.57. The van der Waals surface area contributed by atoms with E-state index in [0.29, 0.717) is 21.3 Å². The molecule has 0 aliphatic carbocycles. The molecule has 98 valence electrons. The molecule has 0 saturated carbocycles. The predicted molar refractivity (Wildman–Crippen MR) is 83.1 cm³/mol. The van der Waals surface area contributed by atoms with Crippen LogP contribution in [0.15, 0.2) is 40.9 Å². The lowest BCUT2D eigenvalue weighted by atomic mass is 10.0. The van der Waals surface area contributed by atoms with Crippen molar-refractivity contribution in [2.24, 2.45) is 0 Å². The lowest BCUT2D eigenvalue weighted by Gasteiger charge is -2.07. The molecule has 0 aliphatic heterocycles. The van der Waals surface area contributed by atoms with Crippen molar-refractivity contribution in [3.63, 3.8) is 0 Å². The molecule has 2 aromatic rings. The summed E-state index contributed by atoms with van der Waals surface area (Å²) in [4.78, 5) is 12.2. The number of nitrogen functional groups attached to an aromatic ring is 1. The molecular formula is C14H10BrCl2NO. The van der Waals surface area contributed by atoms with Gasteiger partial charge in [0.05, 0.1) is 0 Å². The minimum atomic E-state index is -0.0748. The highest BCUT2D eigenvalue weighted by atomic mass is 79.9. The number of rotatable bonds is 3. The van der Waals surface area contributed by atoms with Crippen LogP contribution in [0.4, 0.5) is 5.69 Å². The first-order chi connectivity index (χ1) is 8.97. The molecule has 0 aliphatic rings. The van der Waals surface area contributed by atoms with Gasteiger partial charge in [-0.15, -0.1) is 0 Å². The highest BCUT2D eigenvalue weighted by Crippen LogP contribution is 2.24. The maximum absolute atomic E-state index is 12.2. The number of carbonyl (C=O) groups excluding carboxylic acids is 1.